The molecule has 2 rings (SSSR count). The SMILES string of the molecule is O=C(Nc1c[nH]cc(Br)c1=O)c1ccncc1. The normalized spacial score (nSPS) is 9.94. The van der Waals surface area contributed by atoms with E-state index in [1.54, 1.807) is 12.1 Å². The monoisotopic (exact) mass is 293 g/mol. The van der Waals surface area contributed by atoms with Gasteiger partial charge in [0.05, 0.1) is 4.47 Å². The van der Waals surface area contributed by atoms with Crippen LogP contribution in [0.15, 0.2) is 46.2 Å². The lowest BCUT2D eigenvalue weighted by atomic mass is 10.2. The number of nitrogens with one attached hydrogen (secondary N) is 2. The highest BCUT2D eigenvalue weighted by Crippen LogP contribution is 2.07. The van der Waals surface area contributed by atoms with Crippen LogP contribution >= 0.6 is 15.9 Å². The fourth-order valence-electron chi connectivity index (χ4n) is 1.25. The maximum Gasteiger partial charge on any atom is 0.255 e. The van der Waals surface area contributed by atoms with Crippen LogP contribution in [0.1, 0.15) is 10.4 Å². The predicted octanol–water partition coefficient (Wildman–Crippen LogP) is 1.78. The number of H-pyrrole nitrogens is 1. The summed E-state index contributed by atoms with van der Waals surface area (Å²) < 4.78 is 0.366. The second kappa shape index (κ2) is 4.92. The number of carbonyl (C=O) groups is 1. The van der Waals surface area contributed by atoms with Gasteiger partial charge in [-0.15, -0.1) is 0 Å². The van der Waals surface area contributed by atoms with Gasteiger partial charge in [0.15, 0.2) is 0 Å². The molecular formula is C11H8BrN3O2. The number of carbonyl (C=O) groups excluding carboxylic acids is 1. The largest absolute Gasteiger partial charge is 0.365 e. The molecule has 0 aliphatic heterocycles. The van der Waals surface area contributed by atoms with E-state index < -0.39 is 0 Å². The van der Waals surface area contributed by atoms with Gasteiger partial charge in [0, 0.05) is 30.4 Å². The van der Waals surface area contributed by atoms with Gasteiger partial charge in [0.1, 0.15) is 5.69 Å². The van der Waals surface area contributed by atoms with Crippen LogP contribution in [0.4, 0.5) is 5.69 Å². The fraction of sp³-hybridized carbons (Fsp3) is 0. The van der Waals surface area contributed by atoms with Crippen molar-refractivity contribution in [3.05, 3.63) is 57.2 Å². The Morgan fingerprint density at radius 3 is 2.71 bits per heavy atom. The zero-order chi connectivity index (χ0) is 12.3. The Labute approximate surface area is 105 Å². The molecule has 0 aliphatic carbocycles. The van der Waals surface area contributed by atoms with Gasteiger partial charge >= 0.3 is 0 Å². The van der Waals surface area contributed by atoms with E-state index in [0.717, 1.165) is 0 Å². The van der Waals surface area contributed by atoms with Gasteiger partial charge in [-0.05, 0) is 28.1 Å². The van der Waals surface area contributed by atoms with Crippen LogP contribution in [0.2, 0.25) is 0 Å². The molecule has 2 N–H and O–H groups in total. The molecule has 0 saturated heterocycles. The van der Waals surface area contributed by atoms with Gasteiger partial charge in [0.25, 0.3) is 5.91 Å². The number of rotatable bonds is 2. The molecule has 86 valence electrons. The zero-order valence-corrected chi connectivity index (χ0v) is 10.2. The summed E-state index contributed by atoms with van der Waals surface area (Å²) >= 11 is 3.09. The van der Waals surface area contributed by atoms with Crippen molar-refractivity contribution in [2.24, 2.45) is 0 Å². The van der Waals surface area contributed by atoms with E-state index in [-0.39, 0.29) is 17.0 Å². The van der Waals surface area contributed by atoms with Crippen LogP contribution < -0.4 is 10.7 Å². The maximum atomic E-state index is 11.8. The second-order valence-corrected chi connectivity index (χ2v) is 4.09. The Bertz CT molecular complexity index is 595. The van der Waals surface area contributed by atoms with Gasteiger partial charge in [-0.2, -0.15) is 0 Å². The minimum atomic E-state index is -0.351. The van der Waals surface area contributed by atoms with Crippen molar-refractivity contribution in [1.29, 1.82) is 0 Å². The summed E-state index contributed by atoms with van der Waals surface area (Å²) in [5, 5.41) is 2.53. The average molecular weight is 294 g/mol. The second-order valence-electron chi connectivity index (χ2n) is 3.24. The first kappa shape index (κ1) is 11.5. The Hall–Kier alpha value is -1.95. The molecule has 2 aromatic heterocycles. The van der Waals surface area contributed by atoms with Crippen LogP contribution in [0.5, 0.6) is 0 Å². The molecule has 0 saturated carbocycles. The lowest BCUT2D eigenvalue weighted by molar-refractivity contribution is 0.102. The first-order chi connectivity index (χ1) is 8.18. The van der Waals surface area contributed by atoms with Gasteiger partial charge in [-0.25, -0.2) is 0 Å². The first-order valence-corrected chi connectivity index (χ1v) is 5.56. The van der Waals surface area contributed by atoms with Crippen molar-refractivity contribution in [3.63, 3.8) is 0 Å². The van der Waals surface area contributed by atoms with Gasteiger partial charge in [0.2, 0.25) is 5.43 Å². The molecule has 2 aromatic rings. The van der Waals surface area contributed by atoms with Crippen LogP contribution in [0, 0.1) is 0 Å². The molecule has 0 atom stereocenters. The zero-order valence-electron chi connectivity index (χ0n) is 8.61. The van der Waals surface area contributed by atoms with E-state index >= 15 is 0 Å². The minimum Gasteiger partial charge on any atom is -0.365 e. The summed E-state index contributed by atoms with van der Waals surface area (Å²) in [6.07, 6.45) is 5.97. The highest BCUT2D eigenvalue weighted by molar-refractivity contribution is 9.10. The van der Waals surface area contributed by atoms with Crippen molar-refractivity contribution >= 4 is 27.5 Å². The van der Waals surface area contributed by atoms with Crippen molar-refractivity contribution in [3.8, 4) is 0 Å². The molecule has 1 amide bonds. The van der Waals surface area contributed by atoms with E-state index in [0.29, 0.717) is 10.0 Å². The number of hydrogen-bond acceptors (Lipinski definition) is 3. The number of aromatic amines is 1. The quantitative estimate of drug-likeness (QED) is 0.886. The molecule has 2 heterocycles. The predicted molar refractivity (Wildman–Crippen MR) is 67.0 cm³/mol. The third-order valence-electron chi connectivity index (χ3n) is 2.09. The third-order valence-corrected chi connectivity index (χ3v) is 2.68. The van der Waals surface area contributed by atoms with E-state index in [4.69, 9.17) is 0 Å². The van der Waals surface area contributed by atoms with Crippen LogP contribution in [0.3, 0.4) is 0 Å². The molecule has 5 nitrogen and oxygen atoms in total. The van der Waals surface area contributed by atoms with Crippen molar-refractivity contribution in [1.82, 2.24) is 9.97 Å². The molecule has 6 heteroatoms. The Kier molecular flexibility index (Phi) is 3.34. The highest BCUT2D eigenvalue weighted by atomic mass is 79.9. The number of amides is 1. The smallest absolute Gasteiger partial charge is 0.255 e. The molecule has 0 fully saturated rings. The number of halogens is 1. The third kappa shape index (κ3) is 2.59. The number of aromatic nitrogens is 2. The van der Waals surface area contributed by atoms with Gasteiger partial charge in [-0.3, -0.25) is 14.6 Å². The molecule has 17 heavy (non-hydrogen) atoms. The van der Waals surface area contributed by atoms with E-state index in [1.165, 1.54) is 24.8 Å². The molecule has 0 unspecified atom stereocenters. The van der Waals surface area contributed by atoms with Crippen LogP contribution in [-0.2, 0) is 0 Å². The lowest BCUT2D eigenvalue weighted by Gasteiger charge is -2.04. The molecule has 0 bridgehead atoms. The standard InChI is InChI=1S/C11H8BrN3O2/c12-8-5-14-6-9(10(8)16)15-11(17)7-1-3-13-4-2-7/h1-6H,(H,14,16)(H,15,17). The Morgan fingerprint density at radius 2 is 2.00 bits per heavy atom. The molecular weight excluding hydrogens is 286 g/mol. The average Bonchev–Trinajstić information content (AvgIpc) is 2.36. The number of anilines is 1. The van der Waals surface area contributed by atoms with E-state index in [1.807, 2.05) is 0 Å². The van der Waals surface area contributed by atoms with Crippen LogP contribution in [0.25, 0.3) is 0 Å². The van der Waals surface area contributed by atoms with Gasteiger partial charge in [-0.1, -0.05) is 0 Å². The first-order valence-electron chi connectivity index (χ1n) is 4.76. The minimum absolute atomic E-state index is 0.196. The van der Waals surface area contributed by atoms with E-state index in [9.17, 15) is 9.59 Å². The summed E-state index contributed by atoms with van der Waals surface area (Å²) in [6.45, 7) is 0. The summed E-state index contributed by atoms with van der Waals surface area (Å²) in [4.78, 5) is 30.0. The Balaban J connectivity index is 2.25. The molecule has 0 spiro atoms. The van der Waals surface area contributed by atoms with Crippen molar-refractivity contribution in [2.45, 2.75) is 0 Å². The topological polar surface area (TPSA) is 74.8 Å². The lowest BCUT2D eigenvalue weighted by Crippen LogP contribution is -2.18. The maximum absolute atomic E-state index is 11.8. The highest BCUT2D eigenvalue weighted by Gasteiger charge is 2.09. The van der Waals surface area contributed by atoms with Gasteiger partial charge < -0.3 is 10.3 Å². The summed E-state index contributed by atoms with van der Waals surface area (Å²) in [5.74, 6) is -0.351. The summed E-state index contributed by atoms with van der Waals surface area (Å²) in [5.41, 5.74) is 0.367. The van der Waals surface area contributed by atoms with Crippen molar-refractivity contribution < 1.29 is 4.79 Å². The fourth-order valence-corrected chi connectivity index (χ4v) is 1.59. The summed E-state index contributed by atoms with van der Waals surface area (Å²) in [7, 11) is 0. The van der Waals surface area contributed by atoms with E-state index in [2.05, 4.69) is 31.2 Å². The summed E-state index contributed by atoms with van der Waals surface area (Å²) in [6, 6.07) is 3.14. The molecule has 0 radical (unpaired) electrons. The van der Waals surface area contributed by atoms with Crippen molar-refractivity contribution in [2.75, 3.05) is 5.32 Å². The number of pyridine rings is 2. The molecule has 0 aliphatic rings. The Morgan fingerprint density at radius 1 is 1.29 bits per heavy atom. The number of nitrogens with zero attached hydrogens (tertiary/aromatic N) is 1. The molecule has 0 aromatic carbocycles. The number of hydrogen-bond donors (Lipinski definition) is 2. The van der Waals surface area contributed by atoms with Crippen LogP contribution in [-0.4, -0.2) is 15.9 Å².